The molecule has 2 aromatic rings. The second-order valence-electron chi connectivity index (χ2n) is 5.36. The molecule has 1 N–H and O–H groups in total. The van der Waals surface area contributed by atoms with Gasteiger partial charge in [0.2, 0.25) is 0 Å². The molecule has 0 fully saturated rings. The van der Waals surface area contributed by atoms with E-state index in [4.69, 9.17) is 0 Å². The summed E-state index contributed by atoms with van der Waals surface area (Å²) in [5.41, 5.74) is -0.263. The molecule has 0 aliphatic carbocycles. The zero-order chi connectivity index (χ0) is 19.1. The van der Waals surface area contributed by atoms with Crippen molar-refractivity contribution in [3.8, 4) is 0 Å². The predicted octanol–water partition coefficient (Wildman–Crippen LogP) is 2.43. The van der Waals surface area contributed by atoms with Gasteiger partial charge in [0.05, 0.1) is 17.9 Å². The van der Waals surface area contributed by atoms with Crippen LogP contribution in [-0.4, -0.2) is 35.0 Å². The molecule has 8 heteroatoms. The molecule has 0 aliphatic heterocycles. The highest BCUT2D eigenvalue weighted by Crippen LogP contribution is 2.11. The van der Waals surface area contributed by atoms with Crippen molar-refractivity contribution in [2.75, 3.05) is 12.9 Å². The standard InChI is InChI=1S/C18H17F2NO4S/c1-25-18(23)16(7-8-26(24)15-5-3-2-4-6-15)21-17(22)12-9-13(19)11-14(20)10-12/h2-6,9-11,16H,7-8H2,1H3,(H,21,22)/t16-,26+/m1/s1. The van der Waals surface area contributed by atoms with Crippen molar-refractivity contribution >= 4 is 22.7 Å². The predicted molar refractivity (Wildman–Crippen MR) is 92.0 cm³/mol. The summed E-state index contributed by atoms with van der Waals surface area (Å²) >= 11 is 0. The van der Waals surface area contributed by atoms with Crippen LogP contribution in [-0.2, 0) is 20.3 Å². The van der Waals surface area contributed by atoms with Crippen molar-refractivity contribution in [3.63, 3.8) is 0 Å². The summed E-state index contributed by atoms with van der Waals surface area (Å²) in [6.07, 6.45) is 0.0394. The van der Waals surface area contributed by atoms with E-state index < -0.39 is 40.4 Å². The van der Waals surface area contributed by atoms with Crippen LogP contribution in [0.3, 0.4) is 0 Å². The van der Waals surface area contributed by atoms with Gasteiger partial charge in [-0.15, -0.1) is 0 Å². The summed E-state index contributed by atoms with van der Waals surface area (Å²) < 4.78 is 43.4. The van der Waals surface area contributed by atoms with Gasteiger partial charge in [-0.05, 0) is 30.7 Å². The molecule has 5 nitrogen and oxygen atoms in total. The van der Waals surface area contributed by atoms with Crippen LogP contribution in [0.2, 0.25) is 0 Å². The lowest BCUT2D eigenvalue weighted by Gasteiger charge is -2.16. The van der Waals surface area contributed by atoms with Crippen LogP contribution in [0.5, 0.6) is 0 Å². The van der Waals surface area contributed by atoms with Gasteiger partial charge >= 0.3 is 5.97 Å². The number of carbonyl (C=O) groups excluding carboxylic acids is 2. The lowest BCUT2D eigenvalue weighted by atomic mass is 10.1. The fourth-order valence-electron chi connectivity index (χ4n) is 2.23. The number of ether oxygens (including phenoxy) is 1. The first-order valence-corrected chi connectivity index (χ1v) is 9.01. The third-order valence-corrected chi connectivity index (χ3v) is 4.92. The minimum atomic E-state index is -1.37. The number of halogens is 2. The molecule has 1 amide bonds. The first kappa shape index (κ1) is 19.7. The van der Waals surface area contributed by atoms with Crippen molar-refractivity contribution in [3.05, 3.63) is 65.7 Å². The van der Waals surface area contributed by atoms with E-state index in [9.17, 15) is 22.6 Å². The van der Waals surface area contributed by atoms with E-state index in [0.717, 1.165) is 19.2 Å². The van der Waals surface area contributed by atoms with E-state index in [1.165, 1.54) is 0 Å². The van der Waals surface area contributed by atoms with Crippen LogP contribution in [0.25, 0.3) is 0 Å². The average molecular weight is 381 g/mol. The van der Waals surface area contributed by atoms with E-state index in [1.54, 1.807) is 30.3 Å². The Kier molecular flexibility index (Phi) is 6.97. The molecule has 0 unspecified atom stereocenters. The molecule has 0 saturated carbocycles. The highest BCUT2D eigenvalue weighted by molar-refractivity contribution is 7.85. The fraction of sp³-hybridized carbons (Fsp3) is 0.222. The Balaban J connectivity index is 2.06. The summed E-state index contributed by atoms with van der Waals surface area (Å²) in [5.74, 6) is -3.28. The van der Waals surface area contributed by atoms with E-state index in [2.05, 4.69) is 10.1 Å². The first-order chi connectivity index (χ1) is 12.4. The maximum atomic E-state index is 13.2. The van der Waals surface area contributed by atoms with Crippen molar-refractivity contribution < 1.29 is 27.3 Å². The fourth-order valence-corrected chi connectivity index (χ4v) is 3.38. The lowest BCUT2D eigenvalue weighted by molar-refractivity contribution is -0.142. The van der Waals surface area contributed by atoms with E-state index >= 15 is 0 Å². The zero-order valence-electron chi connectivity index (χ0n) is 13.9. The van der Waals surface area contributed by atoms with Gasteiger partial charge in [-0.3, -0.25) is 9.00 Å². The molecule has 0 radical (unpaired) electrons. The monoisotopic (exact) mass is 381 g/mol. The summed E-state index contributed by atoms with van der Waals surface area (Å²) in [7, 11) is -0.218. The van der Waals surface area contributed by atoms with Crippen LogP contribution < -0.4 is 5.32 Å². The van der Waals surface area contributed by atoms with Crippen molar-refractivity contribution in [2.45, 2.75) is 17.4 Å². The van der Waals surface area contributed by atoms with Crippen LogP contribution in [0.15, 0.2) is 53.4 Å². The van der Waals surface area contributed by atoms with Gasteiger partial charge in [0.25, 0.3) is 5.91 Å². The molecule has 138 valence electrons. The van der Waals surface area contributed by atoms with E-state index in [-0.39, 0.29) is 17.7 Å². The topological polar surface area (TPSA) is 72.5 Å². The maximum Gasteiger partial charge on any atom is 0.328 e. The third-order valence-electron chi connectivity index (χ3n) is 3.51. The second kappa shape index (κ2) is 9.19. The molecule has 2 atom stereocenters. The number of amides is 1. The highest BCUT2D eigenvalue weighted by atomic mass is 32.2. The van der Waals surface area contributed by atoms with Gasteiger partial charge in [0, 0.05) is 22.3 Å². The Morgan fingerprint density at radius 3 is 2.31 bits per heavy atom. The normalized spacial score (nSPS) is 12.9. The Morgan fingerprint density at radius 1 is 1.12 bits per heavy atom. The number of hydrogen-bond donors (Lipinski definition) is 1. The summed E-state index contributed by atoms with van der Waals surface area (Å²) in [6, 6.07) is 9.91. The molecular weight excluding hydrogens is 364 g/mol. The molecule has 0 heterocycles. The van der Waals surface area contributed by atoms with Gasteiger partial charge < -0.3 is 10.1 Å². The summed E-state index contributed by atoms with van der Waals surface area (Å²) in [4.78, 5) is 24.6. The molecule has 0 bridgehead atoms. The zero-order valence-corrected chi connectivity index (χ0v) is 14.7. The summed E-state index contributed by atoms with van der Waals surface area (Å²) in [6.45, 7) is 0. The minimum Gasteiger partial charge on any atom is -0.467 e. The Hall–Kier alpha value is -2.61. The van der Waals surface area contributed by atoms with Crippen LogP contribution in [0, 0.1) is 11.6 Å². The number of methoxy groups -OCH3 is 1. The number of carbonyl (C=O) groups is 2. The number of nitrogens with one attached hydrogen (secondary N) is 1. The lowest BCUT2D eigenvalue weighted by Crippen LogP contribution is -2.42. The summed E-state index contributed by atoms with van der Waals surface area (Å²) in [5, 5.41) is 2.36. The van der Waals surface area contributed by atoms with Crippen molar-refractivity contribution in [1.29, 1.82) is 0 Å². The van der Waals surface area contributed by atoms with Crippen LogP contribution in [0.1, 0.15) is 16.8 Å². The molecule has 2 rings (SSSR count). The van der Waals surface area contributed by atoms with Gasteiger partial charge in [0.1, 0.15) is 17.7 Å². The molecular formula is C18H17F2NO4S. The number of esters is 1. The molecule has 26 heavy (non-hydrogen) atoms. The SMILES string of the molecule is COC(=O)[C@@H](CC[S@](=O)c1ccccc1)NC(=O)c1cc(F)cc(F)c1. The van der Waals surface area contributed by atoms with Gasteiger partial charge in [-0.25, -0.2) is 13.6 Å². The molecule has 0 spiro atoms. The van der Waals surface area contributed by atoms with E-state index in [1.807, 2.05) is 0 Å². The number of rotatable bonds is 7. The molecule has 0 aromatic heterocycles. The van der Waals surface area contributed by atoms with Gasteiger partial charge in [0.15, 0.2) is 0 Å². The minimum absolute atomic E-state index is 0.0394. The largest absolute Gasteiger partial charge is 0.467 e. The number of hydrogen-bond acceptors (Lipinski definition) is 4. The second-order valence-corrected chi connectivity index (χ2v) is 6.93. The molecule has 0 aliphatic rings. The van der Waals surface area contributed by atoms with E-state index in [0.29, 0.717) is 11.0 Å². The van der Waals surface area contributed by atoms with Crippen LogP contribution in [0.4, 0.5) is 8.78 Å². The smallest absolute Gasteiger partial charge is 0.328 e. The average Bonchev–Trinajstić information content (AvgIpc) is 2.63. The Morgan fingerprint density at radius 2 is 1.73 bits per heavy atom. The highest BCUT2D eigenvalue weighted by Gasteiger charge is 2.23. The van der Waals surface area contributed by atoms with Crippen LogP contribution >= 0.6 is 0 Å². The van der Waals surface area contributed by atoms with Gasteiger partial charge in [-0.1, -0.05) is 18.2 Å². The Labute approximate surface area is 151 Å². The van der Waals surface area contributed by atoms with Crippen molar-refractivity contribution in [2.24, 2.45) is 0 Å². The Bertz CT molecular complexity index is 794. The quantitative estimate of drug-likeness (QED) is 0.748. The maximum absolute atomic E-state index is 13.2. The number of benzene rings is 2. The third kappa shape index (κ3) is 5.45. The molecule has 0 saturated heterocycles. The first-order valence-electron chi connectivity index (χ1n) is 7.69. The van der Waals surface area contributed by atoms with Crippen molar-refractivity contribution in [1.82, 2.24) is 5.32 Å². The van der Waals surface area contributed by atoms with Gasteiger partial charge in [-0.2, -0.15) is 0 Å². The molecule has 2 aromatic carbocycles.